The Labute approximate surface area is 171 Å². The van der Waals surface area contributed by atoms with Crippen molar-refractivity contribution in [2.75, 3.05) is 32.9 Å². The van der Waals surface area contributed by atoms with E-state index in [4.69, 9.17) is 10.6 Å². The summed E-state index contributed by atoms with van der Waals surface area (Å²) in [4.78, 5) is 27.8. The molecular weight excluding hydrogens is 358 g/mol. The molecule has 1 atom stereocenters. The second-order valence-corrected chi connectivity index (χ2v) is 7.49. The number of carbonyl (C=O) groups is 2. The lowest BCUT2D eigenvalue weighted by molar-refractivity contribution is -0.122. The van der Waals surface area contributed by atoms with Crippen LogP contribution in [0.1, 0.15) is 84.5 Å². The molecular formula is C21H43N3O4. The molecule has 7 nitrogen and oxygen atoms in total. The summed E-state index contributed by atoms with van der Waals surface area (Å²) in [5.41, 5.74) is 0. The monoisotopic (exact) mass is 401 g/mol. The molecule has 0 radical (unpaired) electrons. The fraction of sp³-hybridized carbons (Fsp3) is 0.905. The van der Waals surface area contributed by atoms with Crippen LogP contribution >= 0.6 is 0 Å². The molecule has 7 heteroatoms. The van der Waals surface area contributed by atoms with E-state index in [-0.39, 0.29) is 11.8 Å². The van der Waals surface area contributed by atoms with E-state index in [1.807, 2.05) is 0 Å². The van der Waals surface area contributed by atoms with Crippen molar-refractivity contribution < 1.29 is 19.2 Å². The topological polar surface area (TPSA) is 103 Å². The van der Waals surface area contributed by atoms with Gasteiger partial charge in [-0.05, 0) is 38.0 Å². The molecule has 0 fully saturated rings. The van der Waals surface area contributed by atoms with Gasteiger partial charge in [0.05, 0.1) is 6.61 Å². The maximum absolute atomic E-state index is 11.8. The first-order valence-electron chi connectivity index (χ1n) is 11.0. The smallest absolute Gasteiger partial charge is 0.220 e. The van der Waals surface area contributed by atoms with Crippen LogP contribution in [0.3, 0.4) is 0 Å². The molecule has 0 aromatic heterocycles. The second kappa shape index (κ2) is 20.6. The van der Waals surface area contributed by atoms with E-state index in [0.717, 1.165) is 51.9 Å². The van der Waals surface area contributed by atoms with Crippen molar-refractivity contribution >= 4 is 11.8 Å². The minimum atomic E-state index is -0.00500. The molecule has 0 saturated heterocycles. The first-order valence-corrected chi connectivity index (χ1v) is 11.0. The van der Waals surface area contributed by atoms with E-state index in [9.17, 15) is 9.59 Å². The van der Waals surface area contributed by atoms with Crippen molar-refractivity contribution in [3.05, 3.63) is 0 Å². The summed E-state index contributed by atoms with van der Waals surface area (Å²) in [5, 5.41) is 5.76. The molecule has 2 amide bonds. The highest BCUT2D eigenvalue weighted by atomic mass is 16.6. The fourth-order valence-electron chi connectivity index (χ4n) is 2.61. The molecule has 0 heterocycles. The van der Waals surface area contributed by atoms with Crippen molar-refractivity contribution in [3.63, 3.8) is 0 Å². The van der Waals surface area contributed by atoms with Gasteiger partial charge in [-0.25, -0.2) is 5.90 Å². The number of rotatable bonds is 20. The second-order valence-electron chi connectivity index (χ2n) is 7.49. The predicted octanol–water partition coefficient (Wildman–Crippen LogP) is 3.07. The molecule has 4 N–H and O–H groups in total. The molecule has 0 aromatic carbocycles. The van der Waals surface area contributed by atoms with Gasteiger partial charge in [-0.3, -0.25) is 9.59 Å². The minimum absolute atomic E-state index is 0.00500. The van der Waals surface area contributed by atoms with Crippen molar-refractivity contribution in [1.29, 1.82) is 0 Å². The van der Waals surface area contributed by atoms with Gasteiger partial charge in [0.1, 0.15) is 0 Å². The zero-order chi connectivity index (χ0) is 20.9. The first-order chi connectivity index (χ1) is 13.6. The van der Waals surface area contributed by atoms with Crippen LogP contribution in [0.15, 0.2) is 0 Å². The van der Waals surface area contributed by atoms with Gasteiger partial charge in [0.15, 0.2) is 0 Å². The van der Waals surface area contributed by atoms with Crippen molar-refractivity contribution in [1.82, 2.24) is 10.6 Å². The van der Waals surface area contributed by atoms with Crippen LogP contribution in [-0.4, -0.2) is 44.7 Å². The summed E-state index contributed by atoms with van der Waals surface area (Å²) in [6, 6.07) is 0. The lowest BCUT2D eigenvalue weighted by Crippen LogP contribution is -2.26. The maximum Gasteiger partial charge on any atom is 0.220 e. The Balaban J connectivity index is 3.32. The summed E-state index contributed by atoms with van der Waals surface area (Å²) in [5.74, 6) is 5.61. The molecule has 0 aliphatic rings. The van der Waals surface area contributed by atoms with E-state index in [1.165, 1.54) is 19.3 Å². The molecule has 0 bridgehead atoms. The summed E-state index contributed by atoms with van der Waals surface area (Å²) in [7, 11) is 0. The Kier molecular flexibility index (Phi) is 19.7. The first kappa shape index (κ1) is 26.8. The number of nitrogens with two attached hydrogens (primary N) is 1. The lowest BCUT2D eigenvalue weighted by Gasteiger charge is -2.09. The third kappa shape index (κ3) is 19.6. The average Bonchev–Trinajstić information content (AvgIpc) is 2.69. The summed E-state index contributed by atoms with van der Waals surface area (Å²) in [6.45, 7) is 7.98. The van der Waals surface area contributed by atoms with Gasteiger partial charge in [-0.15, -0.1) is 0 Å². The van der Waals surface area contributed by atoms with Gasteiger partial charge in [0, 0.05) is 39.1 Å². The molecule has 0 rings (SSSR count). The van der Waals surface area contributed by atoms with E-state index in [1.54, 1.807) is 0 Å². The predicted molar refractivity (Wildman–Crippen MR) is 113 cm³/mol. The molecule has 1 unspecified atom stereocenters. The van der Waals surface area contributed by atoms with Crippen LogP contribution in [0.25, 0.3) is 0 Å². The van der Waals surface area contributed by atoms with Crippen LogP contribution < -0.4 is 16.5 Å². The van der Waals surface area contributed by atoms with Crippen molar-refractivity contribution in [2.45, 2.75) is 84.5 Å². The van der Waals surface area contributed by atoms with E-state index in [0.29, 0.717) is 38.3 Å². The molecule has 0 aliphatic carbocycles. The van der Waals surface area contributed by atoms with Gasteiger partial charge in [0.2, 0.25) is 11.8 Å². The summed E-state index contributed by atoms with van der Waals surface area (Å²) >= 11 is 0. The van der Waals surface area contributed by atoms with Gasteiger partial charge in [0.25, 0.3) is 0 Å². The van der Waals surface area contributed by atoms with E-state index in [2.05, 4.69) is 29.3 Å². The average molecular weight is 402 g/mol. The van der Waals surface area contributed by atoms with Gasteiger partial charge in [-0.2, -0.15) is 0 Å². The molecule has 0 aromatic rings. The zero-order valence-electron chi connectivity index (χ0n) is 18.1. The van der Waals surface area contributed by atoms with Crippen LogP contribution in [0.5, 0.6) is 0 Å². The van der Waals surface area contributed by atoms with Crippen LogP contribution in [0, 0.1) is 5.92 Å². The SMILES string of the molecule is CCC(C)COCCCCCCCNC(=O)CCCC(=O)NCCCCON. The molecule has 166 valence electrons. The largest absolute Gasteiger partial charge is 0.381 e. The Morgan fingerprint density at radius 2 is 1.36 bits per heavy atom. The number of nitrogens with one attached hydrogen (secondary N) is 2. The van der Waals surface area contributed by atoms with Gasteiger partial charge in [-0.1, -0.05) is 39.5 Å². The van der Waals surface area contributed by atoms with Gasteiger partial charge >= 0.3 is 0 Å². The number of hydrogen-bond donors (Lipinski definition) is 3. The van der Waals surface area contributed by atoms with Gasteiger partial charge < -0.3 is 20.2 Å². The number of amides is 2. The molecule has 28 heavy (non-hydrogen) atoms. The fourth-order valence-corrected chi connectivity index (χ4v) is 2.61. The van der Waals surface area contributed by atoms with Crippen molar-refractivity contribution in [3.8, 4) is 0 Å². The third-order valence-electron chi connectivity index (χ3n) is 4.71. The Morgan fingerprint density at radius 1 is 0.821 bits per heavy atom. The number of carbonyl (C=O) groups excluding carboxylic acids is 2. The summed E-state index contributed by atoms with van der Waals surface area (Å²) in [6.07, 6.45) is 9.83. The lowest BCUT2D eigenvalue weighted by atomic mass is 10.1. The normalized spacial score (nSPS) is 12.0. The minimum Gasteiger partial charge on any atom is -0.381 e. The van der Waals surface area contributed by atoms with Crippen LogP contribution in [0.4, 0.5) is 0 Å². The molecule has 0 aliphatic heterocycles. The van der Waals surface area contributed by atoms with Crippen LogP contribution in [0.2, 0.25) is 0 Å². The Morgan fingerprint density at radius 3 is 1.96 bits per heavy atom. The van der Waals surface area contributed by atoms with Crippen molar-refractivity contribution in [2.24, 2.45) is 11.8 Å². The molecule has 0 spiro atoms. The maximum atomic E-state index is 11.8. The quantitative estimate of drug-likeness (QED) is 0.215. The molecule has 0 saturated carbocycles. The Hall–Kier alpha value is -1.18. The standard InChI is InChI=1S/C21H43N3O4/c1-3-19(2)18-27-16-9-6-4-5-7-14-23-20(25)12-11-13-21(26)24-15-8-10-17-28-22/h19H,3-18,22H2,1-2H3,(H,23,25)(H,24,26). The number of unbranched alkanes of at least 4 members (excludes halogenated alkanes) is 5. The zero-order valence-corrected chi connectivity index (χ0v) is 18.1. The summed E-state index contributed by atoms with van der Waals surface area (Å²) < 4.78 is 5.64. The third-order valence-corrected chi connectivity index (χ3v) is 4.71. The highest BCUT2D eigenvalue weighted by molar-refractivity contribution is 5.78. The van der Waals surface area contributed by atoms with E-state index >= 15 is 0 Å². The number of hydrogen-bond acceptors (Lipinski definition) is 5. The number of ether oxygens (including phenoxy) is 1. The Bertz CT molecular complexity index is 381. The highest BCUT2D eigenvalue weighted by Crippen LogP contribution is 2.05. The van der Waals surface area contributed by atoms with Crippen LogP contribution in [-0.2, 0) is 19.2 Å². The van der Waals surface area contributed by atoms with E-state index < -0.39 is 0 Å². The highest BCUT2D eigenvalue weighted by Gasteiger charge is 2.05.